The zero-order valence-corrected chi connectivity index (χ0v) is 13.8. The lowest BCUT2D eigenvalue weighted by Gasteiger charge is -2.12. The summed E-state index contributed by atoms with van der Waals surface area (Å²) in [6, 6.07) is 12.0. The lowest BCUT2D eigenvalue weighted by molar-refractivity contribution is -0.383. The first-order valence-electron chi connectivity index (χ1n) is 7.68. The van der Waals surface area contributed by atoms with Crippen molar-refractivity contribution < 1.29 is 9.72 Å². The number of rotatable bonds is 7. The van der Waals surface area contributed by atoms with Gasteiger partial charge in [-0.1, -0.05) is 18.2 Å². The Morgan fingerprint density at radius 2 is 1.59 bits per heavy atom. The van der Waals surface area contributed by atoms with Crippen molar-refractivity contribution in [1.82, 2.24) is 20.4 Å². The number of benzene rings is 1. The predicted molar refractivity (Wildman–Crippen MR) is 97.7 cm³/mol. The van der Waals surface area contributed by atoms with Crippen LogP contribution in [-0.2, 0) is 0 Å². The number of nitrogens with zero attached hydrogens (tertiary/aromatic N) is 4. The molecule has 1 aromatic carbocycles. The van der Waals surface area contributed by atoms with Crippen LogP contribution in [0, 0.1) is 10.1 Å². The molecule has 0 aliphatic heterocycles. The van der Waals surface area contributed by atoms with Gasteiger partial charge in [-0.25, -0.2) is 9.97 Å². The monoisotopic (exact) mass is 366 g/mol. The van der Waals surface area contributed by atoms with E-state index < -0.39 is 16.5 Å². The standard InChI is InChI=1S/C16H14N8O3/c25-16(11-6-8-17-9-7-11)23-22-15-13(24(26)27)14(18-10-19-15)21-20-12-4-2-1-3-5-12/h1-10,20H,(H,23,25)(H2,18,19,21,22). The van der Waals surface area contributed by atoms with E-state index in [1.807, 2.05) is 6.07 Å². The minimum Gasteiger partial charge on any atom is -0.299 e. The lowest BCUT2D eigenvalue weighted by atomic mass is 10.3. The first-order chi connectivity index (χ1) is 13.1. The Morgan fingerprint density at radius 3 is 2.26 bits per heavy atom. The van der Waals surface area contributed by atoms with Crippen molar-refractivity contribution >= 4 is 28.9 Å². The second-order valence-corrected chi connectivity index (χ2v) is 5.11. The van der Waals surface area contributed by atoms with Gasteiger partial charge >= 0.3 is 5.69 Å². The van der Waals surface area contributed by atoms with Crippen molar-refractivity contribution in [3.05, 3.63) is 76.9 Å². The van der Waals surface area contributed by atoms with Crippen molar-refractivity contribution in [3.63, 3.8) is 0 Å². The number of hydrogen-bond acceptors (Lipinski definition) is 9. The van der Waals surface area contributed by atoms with Crippen LogP contribution in [0.15, 0.2) is 61.2 Å². The number of pyridine rings is 1. The molecule has 0 fully saturated rings. The van der Waals surface area contributed by atoms with Crippen LogP contribution >= 0.6 is 0 Å². The lowest BCUT2D eigenvalue weighted by Crippen LogP contribution is -2.30. The Bertz CT molecular complexity index is 937. The van der Waals surface area contributed by atoms with Gasteiger partial charge < -0.3 is 0 Å². The topological polar surface area (TPSA) is 147 Å². The predicted octanol–water partition coefficient (Wildman–Crippen LogP) is 1.98. The maximum absolute atomic E-state index is 12.1. The smallest absolute Gasteiger partial charge is 0.299 e. The van der Waals surface area contributed by atoms with Gasteiger partial charge in [0.2, 0.25) is 11.6 Å². The molecule has 11 nitrogen and oxygen atoms in total. The molecule has 0 spiro atoms. The molecule has 4 N–H and O–H groups in total. The minimum atomic E-state index is -0.657. The third-order valence-electron chi connectivity index (χ3n) is 3.34. The Hall–Kier alpha value is -4.28. The van der Waals surface area contributed by atoms with Gasteiger partial charge in [0, 0.05) is 18.0 Å². The maximum Gasteiger partial charge on any atom is 0.356 e. The average molecular weight is 366 g/mol. The van der Waals surface area contributed by atoms with Crippen LogP contribution in [0.5, 0.6) is 0 Å². The highest BCUT2D eigenvalue weighted by Gasteiger charge is 2.23. The number of nitrogens with one attached hydrogen (secondary N) is 4. The fourth-order valence-electron chi connectivity index (χ4n) is 2.08. The number of carbonyl (C=O) groups is 1. The van der Waals surface area contributed by atoms with E-state index in [1.54, 1.807) is 24.3 Å². The Labute approximate surface area is 153 Å². The van der Waals surface area contributed by atoms with Crippen molar-refractivity contribution in [2.24, 2.45) is 0 Å². The number of nitro groups is 1. The minimum absolute atomic E-state index is 0.0699. The number of anilines is 3. The fourth-order valence-corrected chi connectivity index (χ4v) is 2.08. The summed E-state index contributed by atoms with van der Waals surface area (Å²) in [5.74, 6) is -0.739. The van der Waals surface area contributed by atoms with Gasteiger partial charge in [0.05, 0.1) is 10.6 Å². The normalized spacial score (nSPS) is 9.93. The number of hydrazine groups is 2. The molecule has 0 aliphatic carbocycles. The molecule has 3 rings (SSSR count). The molecule has 0 aliphatic rings. The number of carbonyl (C=O) groups excluding carboxylic acids is 1. The maximum atomic E-state index is 12.1. The molecule has 1 amide bonds. The summed E-state index contributed by atoms with van der Waals surface area (Å²) in [6.07, 6.45) is 4.04. The number of aromatic nitrogens is 3. The summed E-state index contributed by atoms with van der Waals surface area (Å²) in [5.41, 5.74) is 10.9. The van der Waals surface area contributed by atoms with Gasteiger partial charge in [-0.3, -0.25) is 41.6 Å². The van der Waals surface area contributed by atoms with E-state index in [2.05, 4.69) is 36.7 Å². The van der Waals surface area contributed by atoms with Gasteiger partial charge in [-0.05, 0) is 24.3 Å². The molecule has 0 radical (unpaired) electrons. The molecule has 27 heavy (non-hydrogen) atoms. The van der Waals surface area contributed by atoms with E-state index in [9.17, 15) is 14.9 Å². The fraction of sp³-hybridized carbons (Fsp3) is 0. The van der Waals surface area contributed by atoms with Crippen molar-refractivity contribution in [1.29, 1.82) is 0 Å². The highest BCUT2D eigenvalue weighted by Crippen LogP contribution is 2.28. The Kier molecular flexibility index (Phi) is 5.33. The molecule has 0 atom stereocenters. The van der Waals surface area contributed by atoms with Crippen LogP contribution in [0.25, 0.3) is 0 Å². The summed E-state index contributed by atoms with van der Waals surface area (Å²) in [6.45, 7) is 0. The zero-order valence-electron chi connectivity index (χ0n) is 13.8. The summed E-state index contributed by atoms with van der Waals surface area (Å²) in [7, 11) is 0. The molecular formula is C16H14N8O3. The van der Waals surface area contributed by atoms with E-state index in [1.165, 1.54) is 24.5 Å². The van der Waals surface area contributed by atoms with Crippen LogP contribution in [0.3, 0.4) is 0 Å². The number of hydrogen-bond donors (Lipinski definition) is 4. The van der Waals surface area contributed by atoms with Crippen molar-refractivity contribution in [2.45, 2.75) is 0 Å². The second-order valence-electron chi connectivity index (χ2n) is 5.11. The number of amides is 1. The van der Waals surface area contributed by atoms with Crippen LogP contribution in [-0.4, -0.2) is 25.8 Å². The molecule has 2 aromatic heterocycles. The average Bonchev–Trinajstić information content (AvgIpc) is 2.71. The largest absolute Gasteiger partial charge is 0.356 e. The molecule has 136 valence electrons. The van der Waals surface area contributed by atoms with Crippen molar-refractivity contribution in [2.75, 3.05) is 16.3 Å². The van der Waals surface area contributed by atoms with E-state index in [0.29, 0.717) is 11.3 Å². The van der Waals surface area contributed by atoms with Crippen LogP contribution in [0.4, 0.5) is 23.0 Å². The summed E-state index contributed by atoms with van der Waals surface area (Å²) >= 11 is 0. The Balaban J connectivity index is 1.75. The number of para-hydroxylation sites is 1. The molecule has 3 aromatic rings. The Morgan fingerprint density at radius 1 is 0.926 bits per heavy atom. The molecule has 0 saturated carbocycles. The molecule has 0 bridgehead atoms. The van der Waals surface area contributed by atoms with Crippen LogP contribution in [0.1, 0.15) is 10.4 Å². The highest BCUT2D eigenvalue weighted by molar-refractivity contribution is 5.94. The van der Waals surface area contributed by atoms with E-state index in [-0.39, 0.29) is 11.6 Å². The van der Waals surface area contributed by atoms with E-state index in [0.717, 1.165) is 6.33 Å². The highest BCUT2D eigenvalue weighted by atomic mass is 16.6. The molecule has 0 saturated heterocycles. The SMILES string of the molecule is O=C(NNc1ncnc(NNc2ccccc2)c1[N+](=O)[O-])c1ccncc1. The second kappa shape index (κ2) is 8.20. The first-order valence-corrected chi connectivity index (χ1v) is 7.68. The first kappa shape index (κ1) is 17.5. The summed E-state index contributed by atoms with van der Waals surface area (Å²) in [4.78, 5) is 34.4. The summed E-state index contributed by atoms with van der Waals surface area (Å²) < 4.78 is 0. The van der Waals surface area contributed by atoms with Gasteiger partial charge in [0.1, 0.15) is 6.33 Å². The molecule has 2 heterocycles. The van der Waals surface area contributed by atoms with Gasteiger partial charge in [0.25, 0.3) is 5.91 Å². The molecule has 11 heteroatoms. The van der Waals surface area contributed by atoms with E-state index in [4.69, 9.17) is 0 Å². The van der Waals surface area contributed by atoms with E-state index >= 15 is 0 Å². The van der Waals surface area contributed by atoms with Gasteiger partial charge in [-0.15, -0.1) is 0 Å². The van der Waals surface area contributed by atoms with Gasteiger partial charge in [0.15, 0.2) is 0 Å². The third kappa shape index (κ3) is 4.42. The zero-order chi connectivity index (χ0) is 19.1. The molecular weight excluding hydrogens is 352 g/mol. The third-order valence-corrected chi connectivity index (χ3v) is 3.34. The molecule has 0 unspecified atom stereocenters. The van der Waals surface area contributed by atoms with Crippen LogP contribution in [0.2, 0.25) is 0 Å². The summed E-state index contributed by atoms with van der Waals surface area (Å²) in [5, 5.41) is 11.5. The van der Waals surface area contributed by atoms with Gasteiger partial charge in [-0.2, -0.15) is 0 Å². The van der Waals surface area contributed by atoms with Crippen LogP contribution < -0.4 is 21.7 Å². The van der Waals surface area contributed by atoms with Crippen molar-refractivity contribution in [3.8, 4) is 0 Å². The quantitative estimate of drug-likeness (QED) is 0.364.